The maximum Gasteiger partial charge on any atom is 2.00 e. The van der Waals surface area contributed by atoms with E-state index in [1.54, 1.807) is 146 Å². The van der Waals surface area contributed by atoms with Crippen LogP contribution in [-0.2, 0) is 83.4 Å². The zero-order chi connectivity index (χ0) is 69.5. The Morgan fingerprint density at radius 3 is 0.337 bits per heavy atom. The molecule has 0 radical (unpaired) electrons. The molecule has 12 aromatic rings. The molecule has 0 amide bonds. The second kappa shape index (κ2) is 52.1. The molecule has 0 aromatic heterocycles. The van der Waals surface area contributed by atoms with Crippen molar-refractivity contribution in [1.82, 2.24) is 0 Å². The van der Waals surface area contributed by atoms with Crippen LogP contribution < -0.4 is 30.6 Å². The Bertz CT molecular complexity index is 3560. The Labute approximate surface area is 657 Å². The number of benzene rings is 12. The summed E-state index contributed by atoms with van der Waals surface area (Å²) in [5.41, 5.74) is 13.7. The van der Waals surface area contributed by atoms with Crippen molar-refractivity contribution in [2.24, 2.45) is 0 Å². The molecule has 21 heteroatoms. The molecule has 0 spiro atoms. The van der Waals surface area contributed by atoms with Crippen LogP contribution >= 0.6 is 46.4 Å². The van der Waals surface area contributed by atoms with Gasteiger partial charge in [0.25, 0.3) is 0 Å². The van der Waals surface area contributed by atoms with Gasteiger partial charge in [-0.1, -0.05) is 328 Å². The third-order valence-electron chi connectivity index (χ3n) is 13.4. The van der Waals surface area contributed by atoms with E-state index in [0.717, 1.165) is 66.8 Å². The van der Waals surface area contributed by atoms with Gasteiger partial charge in [-0.15, -0.1) is 46.4 Å². The Balaban J connectivity index is 0.00000116. The molecular formula is C80H58Cl4O13Zn4. The molecule has 0 heterocycles. The van der Waals surface area contributed by atoms with Gasteiger partial charge < -0.3 is 64.9 Å². The molecule has 0 N–H and O–H groups in total. The number of aromatic carboxylic acids is 6. The molecule has 12 aromatic carbocycles. The summed E-state index contributed by atoms with van der Waals surface area (Å²) in [7, 11) is 0. The van der Waals surface area contributed by atoms with E-state index in [1.807, 2.05) is 182 Å². The minimum absolute atomic E-state index is 0. The Morgan fingerprint density at radius 1 is 0.178 bits per heavy atom. The fourth-order valence-corrected chi connectivity index (χ4v) is 8.58. The van der Waals surface area contributed by atoms with E-state index < -0.39 is 35.8 Å². The van der Waals surface area contributed by atoms with Crippen LogP contribution in [-0.4, -0.2) is 46.5 Å². The molecule has 0 saturated heterocycles. The number of hydrogen-bond donors (Lipinski definition) is 0. The van der Waals surface area contributed by atoms with Gasteiger partial charge in [0.15, 0.2) is 0 Å². The quantitative estimate of drug-likeness (QED) is 0.0816. The smallest absolute Gasteiger partial charge is 2.00 e. The van der Waals surface area contributed by atoms with Crippen LogP contribution in [0.15, 0.2) is 328 Å². The molecule has 0 atom stereocenters. The van der Waals surface area contributed by atoms with E-state index in [2.05, 4.69) is 0 Å². The number of carbonyl (C=O) groups is 6. The van der Waals surface area contributed by atoms with Crippen molar-refractivity contribution in [2.75, 3.05) is 10.7 Å². The summed E-state index contributed by atoms with van der Waals surface area (Å²) >= 11 is 19.1. The number of carbonyl (C=O) groups excluding carboxylic acids is 6. The van der Waals surface area contributed by atoms with Gasteiger partial charge in [0.1, 0.15) is 0 Å². The average molecular weight is 1630 g/mol. The molecule has 0 aliphatic heterocycles. The van der Waals surface area contributed by atoms with E-state index in [9.17, 15) is 59.4 Å². The standard InChI is InChI=1S/6C13H10O2.2CH2Cl2.O.4Zn/c6*14-13(15)12-8-6-11(7-9-12)10-4-2-1-3-5-10;2*2-1-3;;;;;/h6*1-9H,(H,14,15);2*1H2;;;;;/q;;;;;;;;-2;4*+2/p-6. The number of carboxylic acid groups (broad SMARTS) is 6. The van der Waals surface area contributed by atoms with E-state index in [-0.39, 0.29) is 127 Å². The van der Waals surface area contributed by atoms with Gasteiger partial charge in [-0.05, 0) is 100 Å². The minimum atomic E-state index is -1.14. The van der Waals surface area contributed by atoms with Crippen LogP contribution in [0, 0.1) is 0 Å². The van der Waals surface area contributed by atoms with E-state index >= 15 is 0 Å². The van der Waals surface area contributed by atoms with Crippen LogP contribution in [0.4, 0.5) is 0 Å². The summed E-state index contributed by atoms with van der Waals surface area (Å²) in [6.07, 6.45) is 0. The summed E-state index contributed by atoms with van der Waals surface area (Å²) < 4.78 is 0. The predicted molar refractivity (Wildman–Crippen MR) is 371 cm³/mol. The molecule has 101 heavy (non-hydrogen) atoms. The fraction of sp³-hybridized carbons (Fsp3) is 0.0250. The fourth-order valence-electron chi connectivity index (χ4n) is 8.58. The first-order valence-electron chi connectivity index (χ1n) is 28.9. The zero-order valence-electron chi connectivity index (χ0n) is 54.2. The monoisotopic (exact) mass is 1620 g/mol. The van der Waals surface area contributed by atoms with Crippen molar-refractivity contribution < 1.29 is 143 Å². The maximum atomic E-state index is 10.5. The minimum Gasteiger partial charge on any atom is -2.00 e. The van der Waals surface area contributed by atoms with Crippen LogP contribution in [0.5, 0.6) is 0 Å². The molecule has 0 saturated carbocycles. The molecule has 0 aliphatic rings. The van der Waals surface area contributed by atoms with Gasteiger partial charge in [0.2, 0.25) is 0 Å². The third-order valence-corrected chi connectivity index (χ3v) is 13.4. The van der Waals surface area contributed by atoms with Crippen molar-refractivity contribution >= 4 is 82.2 Å². The molecule has 0 aliphatic carbocycles. The summed E-state index contributed by atoms with van der Waals surface area (Å²) in [5, 5.41) is 63.6. The first kappa shape index (κ1) is 92.1. The van der Waals surface area contributed by atoms with Crippen LogP contribution in [0.1, 0.15) is 62.1 Å². The summed E-state index contributed by atoms with van der Waals surface area (Å²) in [6.45, 7) is 0. The van der Waals surface area contributed by atoms with Gasteiger partial charge in [-0.25, -0.2) is 0 Å². The molecule has 12 rings (SSSR count). The molecule has 0 bridgehead atoms. The second-order valence-corrected chi connectivity index (χ2v) is 21.2. The van der Waals surface area contributed by atoms with Crippen LogP contribution in [0.2, 0.25) is 0 Å². The van der Waals surface area contributed by atoms with Crippen molar-refractivity contribution in [3.8, 4) is 66.8 Å². The molecule has 13 nitrogen and oxygen atoms in total. The van der Waals surface area contributed by atoms with E-state index in [4.69, 9.17) is 46.4 Å². The summed E-state index contributed by atoms with van der Waals surface area (Å²) in [4.78, 5) is 63.2. The third kappa shape index (κ3) is 33.4. The summed E-state index contributed by atoms with van der Waals surface area (Å²) in [5.74, 6) is -6.86. The number of carboxylic acids is 6. The number of halogens is 4. The Kier molecular flexibility index (Phi) is 47.5. The summed E-state index contributed by atoms with van der Waals surface area (Å²) in [6, 6.07) is 98.8. The van der Waals surface area contributed by atoms with Crippen molar-refractivity contribution in [3.63, 3.8) is 0 Å². The molecular weight excluding hydrogens is 1570 g/mol. The van der Waals surface area contributed by atoms with Gasteiger partial charge >= 0.3 is 77.9 Å². The topological polar surface area (TPSA) is 269 Å². The zero-order valence-corrected chi connectivity index (χ0v) is 69.1. The SMILES string of the molecule is ClCCl.ClCCl.O=C([O-])c1ccc(-c2ccccc2)cc1.O=C([O-])c1ccc(-c2ccccc2)cc1.O=C([O-])c1ccc(-c2ccccc2)cc1.O=C([O-])c1ccc(-c2ccccc2)cc1.O=C([O-])c1ccc(-c2ccccc2)cc1.O=C([O-])c1ccc(-c2ccccc2)cc1.[O-2].[Zn+2].[Zn+2].[Zn+2].[Zn+2]. The van der Waals surface area contributed by atoms with Crippen molar-refractivity contribution in [3.05, 3.63) is 361 Å². The van der Waals surface area contributed by atoms with Crippen molar-refractivity contribution in [1.29, 1.82) is 0 Å². The molecule has 0 fully saturated rings. The Hall–Kier alpha value is -8.93. The first-order valence-corrected chi connectivity index (χ1v) is 31.0. The van der Waals surface area contributed by atoms with E-state index in [1.165, 1.54) is 0 Å². The van der Waals surface area contributed by atoms with Gasteiger partial charge in [-0.2, -0.15) is 0 Å². The van der Waals surface area contributed by atoms with Crippen LogP contribution in [0.25, 0.3) is 66.8 Å². The van der Waals surface area contributed by atoms with Crippen molar-refractivity contribution in [2.45, 2.75) is 0 Å². The largest absolute Gasteiger partial charge is 2.00 e. The van der Waals surface area contributed by atoms with Crippen LogP contribution in [0.3, 0.4) is 0 Å². The average Bonchev–Trinajstić information content (AvgIpc) is 0.916. The van der Waals surface area contributed by atoms with E-state index in [0.29, 0.717) is 0 Å². The second-order valence-electron chi connectivity index (χ2n) is 19.6. The Morgan fingerprint density at radius 2 is 0.257 bits per heavy atom. The van der Waals surface area contributed by atoms with Gasteiger partial charge in [-0.3, -0.25) is 0 Å². The first-order chi connectivity index (χ1) is 46.5. The predicted octanol–water partition coefficient (Wildman–Crippen LogP) is 13.0. The normalized spacial score (nSPS) is 9.15. The number of alkyl halides is 4. The maximum absolute atomic E-state index is 10.5. The molecule has 0 unspecified atom stereocenters. The molecule has 492 valence electrons. The van der Waals surface area contributed by atoms with Gasteiger partial charge in [0.05, 0.1) is 46.5 Å². The van der Waals surface area contributed by atoms with Gasteiger partial charge in [0, 0.05) is 0 Å². The number of rotatable bonds is 12. The number of hydrogen-bond acceptors (Lipinski definition) is 12.